The van der Waals surface area contributed by atoms with Gasteiger partial charge in [0.25, 0.3) is 0 Å². The van der Waals surface area contributed by atoms with Crippen molar-refractivity contribution < 1.29 is 0 Å². The summed E-state index contributed by atoms with van der Waals surface area (Å²) < 4.78 is 0. The third-order valence-corrected chi connectivity index (χ3v) is 16.8. The van der Waals surface area contributed by atoms with Gasteiger partial charge in [-0.05, 0) is 138 Å². The monoisotopic (exact) mass is 933 g/mol. The average Bonchev–Trinajstić information content (AvgIpc) is 3.94. The molecule has 11 aromatic carbocycles. The Kier molecular flexibility index (Phi) is 10.5. The van der Waals surface area contributed by atoms with Crippen LogP contribution in [0.15, 0.2) is 267 Å². The molecular formula is C72H55N. The largest absolute Gasteiger partial charge is 0.310 e. The first-order chi connectivity index (χ1) is 36.2. The lowest BCUT2D eigenvalue weighted by Crippen LogP contribution is -2.29. The van der Waals surface area contributed by atoms with E-state index in [-0.39, 0.29) is 0 Å². The van der Waals surface area contributed by atoms with Crippen molar-refractivity contribution in [3.05, 3.63) is 317 Å². The van der Waals surface area contributed by atoms with E-state index in [0.717, 1.165) is 17.1 Å². The van der Waals surface area contributed by atoms with Crippen LogP contribution in [0, 0.1) is 0 Å². The average molecular weight is 934 g/mol. The molecule has 0 spiro atoms. The van der Waals surface area contributed by atoms with Gasteiger partial charge in [0.2, 0.25) is 0 Å². The second-order valence-corrected chi connectivity index (χ2v) is 20.5. The highest BCUT2D eigenvalue weighted by atomic mass is 15.1. The maximum Gasteiger partial charge on any atom is 0.0714 e. The molecule has 3 aliphatic rings. The highest BCUT2D eigenvalue weighted by Crippen LogP contribution is 2.59. The topological polar surface area (TPSA) is 3.24 Å². The fraction of sp³-hybridized carbons (Fsp3) is 0.111. The summed E-state index contributed by atoms with van der Waals surface area (Å²) in [6.45, 7) is 0. The van der Waals surface area contributed by atoms with Gasteiger partial charge in [-0.3, -0.25) is 0 Å². The minimum Gasteiger partial charge on any atom is -0.310 e. The lowest BCUT2D eigenvalue weighted by molar-refractivity contribution is 0.445. The summed E-state index contributed by atoms with van der Waals surface area (Å²) in [6, 6.07) is 101. The van der Waals surface area contributed by atoms with E-state index in [9.17, 15) is 0 Å². The summed E-state index contributed by atoms with van der Waals surface area (Å²) in [4.78, 5) is 2.58. The number of fused-ring (bicyclic) bond motifs is 7. The van der Waals surface area contributed by atoms with Crippen LogP contribution in [0.2, 0.25) is 0 Å². The molecule has 0 heterocycles. The van der Waals surface area contributed by atoms with E-state index in [0.29, 0.717) is 5.92 Å². The van der Waals surface area contributed by atoms with Crippen molar-refractivity contribution in [2.75, 3.05) is 4.90 Å². The number of benzene rings is 11. The molecule has 0 aliphatic heterocycles. The number of anilines is 3. The molecule has 0 bridgehead atoms. The predicted molar refractivity (Wildman–Crippen MR) is 305 cm³/mol. The van der Waals surface area contributed by atoms with Gasteiger partial charge >= 0.3 is 0 Å². The molecule has 14 rings (SSSR count). The van der Waals surface area contributed by atoms with E-state index in [2.05, 4.69) is 272 Å². The Morgan fingerprint density at radius 3 is 1.33 bits per heavy atom. The summed E-state index contributed by atoms with van der Waals surface area (Å²) in [5.74, 6) is 0.548. The van der Waals surface area contributed by atoms with Gasteiger partial charge in [0, 0.05) is 16.9 Å². The Hall–Kier alpha value is -8.52. The number of nitrogens with zero attached hydrogens (tertiary/aromatic N) is 1. The Morgan fingerprint density at radius 1 is 0.301 bits per heavy atom. The Labute approximate surface area is 429 Å². The van der Waals surface area contributed by atoms with Crippen LogP contribution in [0.3, 0.4) is 0 Å². The molecule has 11 aromatic rings. The van der Waals surface area contributed by atoms with Crippen LogP contribution in [0.5, 0.6) is 0 Å². The second-order valence-electron chi connectivity index (χ2n) is 20.5. The second kappa shape index (κ2) is 17.7. The molecule has 0 unspecified atom stereocenters. The van der Waals surface area contributed by atoms with Crippen LogP contribution < -0.4 is 4.90 Å². The highest BCUT2D eigenvalue weighted by molar-refractivity contribution is 6.04. The van der Waals surface area contributed by atoms with Crippen molar-refractivity contribution in [1.82, 2.24) is 0 Å². The molecule has 1 nitrogen and oxygen atoms in total. The van der Waals surface area contributed by atoms with E-state index < -0.39 is 10.8 Å². The van der Waals surface area contributed by atoms with Gasteiger partial charge < -0.3 is 4.90 Å². The zero-order valence-electron chi connectivity index (χ0n) is 41.0. The van der Waals surface area contributed by atoms with Gasteiger partial charge in [-0.25, -0.2) is 0 Å². The molecule has 1 saturated carbocycles. The molecule has 0 aromatic heterocycles. The molecular weight excluding hydrogens is 879 g/mol. The number of rotatable bonds is 9. The molecule has 1 fully saturated rings. The number of hydrogen-bond donors (Lipinski definition) is 0. The molecule has 0 radical (unpaired) electrons. The van der Waals surface area contributed by atoms with Crippen LogP contribution in [0.4, 0.5) is 17.1 Å². The Bertz CT molecular complexity index is 3750. The zero-order valence-corrected chi connectivity index (χ0v) is 41.0. The van der Waals surface area contributed by atoms with Crippen LogP contribution in [0.1, 0.15) is 88.1 Å². The van der Waals surface area contributed by atoms with E-state index in [1.54, 1.807) is 0 Å². The third kappa shape index (κ3) is 6.61. The molecule has 0 atom stereocenters. The minimum atomic E-state index is -0.560. The fourth-order valence-electron chi connectivity index (χ4n) is 13.8. The van der Waals surface area contributed by atoms with Gasteiger partial charge in [-0.1, -0.05) is 256 Å². The van der Waals surface area contributed by atoms with Crippen molar-refractivity contribution >= 4 is 27.8 Å². The quantitative estimate of drug-likeness (QED) is 0.139. The lowest BCUT2D eigenvalue weighted by atomic mass is 9.67. The SMILES string of the molecule is c1ccc(C2(c3cccc(N(c4ccc5c(c4)C(c4ccccc4)(c4ccccc4)c4ccccc4-5)c4ccccc4-c4cccc5cccc(C6CCCCC6)c45)c3)c3ccccc3-c3ccccc32)cc1. The molecule has 3 aliphatic carbocycles. The van der Waals surface area contributed by atoms with Gasteiger partial charge in [-0.2, -0.15) is 0 Å². The van der Waals surface area contributed by atoms with Gasteiger partial charge in [0.15, 0.2) is 0 Å². The summed E-state index contributed by atoms with van der Waals surface area (Å²) in [7, 11) is 0. The van der Waals surface area contributed by atoms with Gasteiger partial charge in [0.1, 0.15) is 0 Å². The standard InChI is InChI=1S/C72H55N/c1-5-24-50(25-6-1)58-40-21-26-51-27-22-41-64(70(51)58)63-39-16-20-45-69(63)73(56-35-23-34-55(48-56)72(54-32-11-4-12-33-54)66-43-18-13-36-59(66)60-37-14-19-44-67(60)72)57-46-47-62-61-38-15-17-42-65(61)71(68(62)49-57,52-28-7-2-8-29-52)53-30-9-3-10-31-53/h2-4,7-23,26-50H,1,5-6,24-25H2. The van der Waals surface area contributed by atoms with Gasteiger partial charge in [0.05, 0.1) is 16.5 Å². The summed E-state index contributed by atoms with van der Waals surface area (Å²) in [5.41, 5.74) is 21.6. The van der Waals surface area contributed by atoms with E-state index in [1.807, 2.05) is 0 Å². The summed E-state index contributed by atoms with van der Waals surface area (Å²) in [5, 5.41) is 2.69. The maximum atomic E-state index is 2.58. The lowest BCUT2D eigenvalue weighted by Gasteiger charge is -2.36. The first-order valence-electron chi connectivity index (χ1n) is 26.4. The Morgan fingerprint density at radius 2 is 0.740 bits per heavy atom. The third-order valence-electron chi connectivity index (χ3n) is 16.8. The molecule has 348 valence electrons. The van der Waals surface area contributed by atoms with Crippen LogP contribution in [-0.2, 0) is 10.8 Å². The van der Waals surface area contributed by atoms with Crippen molar-refractivity contribution in [2.24, 2.45) is 0 Å². The predicted octanol–water partition coefficient (Wildman–Crippen LogP) is 18.8. The fourth-order valence-corrected chi connectivity index (χ4v) is 13.8. The zero-order chi connectivity index (χ0) is 48.3. The van der Waals surface area contributed by atoms with E-state index >= 15 is 0 Å². The van der Waals surface area contributed by atoms with Crippen molar-refractivity contribution in [3.63, 3.8) is 0 Å². The van der Waals surface area contributed by atoms with Gasteiger partial charge in [-0.15, -0.1) is 0 Å². The molecule has 0 N–H and O–H groups in total. The number of hydrogen-bond acceptors (Lipinski definition) is 1. The summed E-state index contributed by atoms with van der Waals surface area (Å²) >= 11 is 0. The van der Waals surface area contributed by atoms with Crippen LogP contribution in [-0.4, -0.2) is 0 Å². The Balaban J connectivity index is 1.06. The summed E-state index contributed by atoms with van der Waals surface area (Å²) in [6.07, 6.45) is 6.39. The highest BCUT2D eigenvalue weighted by Gasteiger charge is 2.48. The van der Waals surface area contributed by atoms with Crippen molar-refractivity contribution in [1.29, 1.82) is 0 Å². The van der Waals surface area contributed by atoms with E-state index in [1.165, 1.54) is 126 Å². The van der Waals surface area contributed by atoms with Crippen molar-refractivity contribution in [3.8, 4) is 33.4 Å². The maximum absolute atomic E-state index is 2.58. The normalized spacial score (nSPS) is 15.0. The smallest absolute Gasteiger partial charge is 0.0714 e. The van der Waals surface area contributed by atoms with Crippen molar-refractivity contribution in [2.45, 2.75) is 48.9 Å². The molecule has 0 amide bonds. The van der Waals surface area contributed by atoms with E-state index in [4.69, 9.17) is 0 Å². The minimum absolute atomic E-state index is 0.548. The van der Waals surface area contributed by atoms with Crippen LogP contribution in [0.25, 0.3) is 44.2 Å². The molecule has 0 saturated heterocycles. The first-order valence-corrected chi connectivity index (χ1v) is 26.4. The molecule has 73 heavy (non-hydrogen) atoms. The van der Waals surface area contributed by atoms with Crippen LogP contribution >= 0.6 is 0 Å². The first kappa shape index (κ1) is 43.3. The number of para-hydroxylation sites is 1. The molecule has 1 heteroatoms.